The molecule has 2 aliphatic heterocycles. The van der Waals surface area contributed by atoms with E-state index in [0.717, 1.165) is 18.0 Å². The summed E-state index contributed by atoms with van der Waals surface area (Å²) in [5.41, 5.74) is 2.47. The van der Waals surface area contributed by atoms with Crippen LogP contribution in [-0.4, -0.2) is 43.0 Å². The Labute approximate surface area is 144 Å². The minimum Gasteiger partial charge on any atom is -0.344 e. The molecule has 0 saturated carbocycles. The van der Waals surface area contributed by atoms with Gasteiger partial charge in [0.15, 0.2) is 5.79 Å². The minimum atomic E-state index is -0.581. The van der Waals surface area contributed by atoms with Crippen molar-refractivity contribution in [3.05, 3.63) is 27.5 Å². The van der Waals surface area contributed by atoms with Crippen LogP contribution in [0.4, 0.5) is 0 Å². The van der Waals surface area contributed by atoms with Crippen molar-refractivity contribution in [2.75, 3.05) is 26.2 Å². The molecule has 3 nitrogen and oxygen atoms in total. The van der Waals surface area contributed by atoms with Crippen molar-refractivity contribution in [2.24, 2.45) is 5.92 Å². The van der Waals surface area contributed by atoms with E-state index in [1.54, 1.807) is 11.3 Å². The molecule has 0 N–H and O–H groups in total. The van der Waals surface area contributed by atoms with Gasteiger partial charge in [-0.2, -0.15) is 0 Å². The molecule has 2 aliphatic rings. The predicted octanol–water partition coefficient (Wildman–Crippen LogP) is 4.32. The summed E-state index contributed by atoms with van der Waals surface area (Å²) in [6.07, 6.45) is 5.06. The highest BCUT2D eigenvalue weighted by atomic mass is 32.1. The van der Waals surface area contributed by atoms with E-state index in [2.05, 4.69) is 50.1 Å². The second-order valence-corrected chi connectivity index (χ2v) is 8.25. The fourth-order valence-corrected chi connectivity index (χ4v) is 4.45. The molecule has 3 rings (SSSR count). The third-order valence-corrected chi connectivity index (χ3v) is 6.07. The molecular weight excluding hydrogens is 306 g/mol. The Morgan fingerprint density at radius 2 is 2.35 bits per heavy atom. The quantitative estimate of drug-likeness (QED) is 0.818. The lowest BCUT2D eigenvalue weighted by atomic mass is 10.00. The number of aryl methyl sites for hydroxylation is 1. The van der Waals surface area contributed by atoms with Crippen molar-refractivity contribution in [3.63, 3.8) is 0 Å². The second-order valence-electron chi connectivity index (χ2n) is 7.30. The molecule has 4 heteroatoms. The monoisotopic (exact) mass is 335 g/mol. The van der Waals surface area contributed by atoms with E-state index in [1.807, 2.05) is 0 Å². The van der Waals surface area contributed by atoms with Crippen LogP contribution in [0.5, 0.6) is 0 Å². The van der Waals surface area contributed by atoms with Gasteiger partial charge in [0.05, 0.1) is 12.7 Å². The topological polar surface area (TPSA) is 21.7 Å². The van der Waals surface area contributed by atoms with E-state index >= 15 is 0 Å². The number of likely N-dealkylation sites (tertiary alicyclic amines) is 1. The number of hydrogen-bond donors (Lipinski definition) is 0. The van der Waals surface area contributed by atoms with Gasteiger partial charge in [0, 0.05) is 18.0 Å². The van der Waals surface area contributed by atoms with Crippen molar-refractivity contribution in [1.29, 1.82) is 0 Å². The first-order valence-corrected chi connectivity index (χ1v) is 9.61. The van der Waals surface area contributed by atoms with E-state index in [4.69, 9.17) is 9.47 Å². The molecule has 23 heavy (non-hydrogen) atoms. The Balaban J connectivity index is 1.61. The summed E-state index contributed by atoms with van der Waals surface area (Å²) in [4.78, 5) is 3.83. The number of hydrogen-bond acceptors (Lipinski definition) is 4. The van der Waals surface area contributed by atoms with Gasteiger partial charge >= 0.3 is 0 Å². The molecule has 0 aliphatic carbocycles. The zero-order valence-corrected chi connectivity index (χ0v) is 15.6. The molecule has 1 aromatic heterocycles. The van der Waals surface area contributed by atoms with Crippen molar-refractivity contribution in [2.45, 2.75) is 52.4 Å². The average Bonchev–Trinajstić information content (AvgIpc) is 3.07. The summed E-state index contributed by atoms with van der Waals surface area (Å²) in [5.74, 6) is 0.226. The number of piperidine rings is 1. The van der Waals surface area contributed by atoms with Crippen LogP contribution in [0.1, 0.15) is 44.1 Å². The summed E-state index contributed by atoms with van der Waals surface area (Å²) < 4.78 is 12.4. The summed E-state index contributed by atoms with van der Waals surface area (Å²) >= 11 is 1.77. The number of ether oxygens (including phenoxy) is 2. The highest BCUT2D eigenvalue weighted by Gasteiger charge is 2.39. The first-order chi connectivity index (χ1) is 11.0. The number of thiophene rings is 1. The molecule has 1 aromatic rings. The number of nitrogens with zero attached hydrogens (tertiary/aromatic N) is 1. The van der Waals surface area contributed by atoms with E-state index in [0.29, 0.717) is 6.61 Å². The van der Waals surface area contributed by atoms with Crippen molar-refractivity contribution < 1.29 is 9.47 Å². The largest absolute Gasteiger partial charge is 0.344 e. The Morgan fingerprint density at radius 3 is 3.04 bits per heavy atom. The van der Waals surface area contributed by atoms with Gasteiger partial charge in [0.2, 0.25) is 0 Å². The van der Waals surface area contributed by atoms with E-state index in [-0.39, 0.29) is 6.10 Å². The second kappa shape index (κ2) is 7.06. The molecule has 128 valence electrons. The van der Waals surface area contributed by atoms with E-state index < -0.39 is 5.79 Å². The van der Waals surface area contributed by atoms with Gasteiger partial charge in [0.25, 0.3) is 0 Å². The first kappa shape index (κ1) is 17.2. The molecule has 0 radical (unpaired) electrons. The molecule has 0 bridgehead atoms. The summed E-state index contributed by atoms with van der Waals surface area (Å²) in [6.45, 7) is 12.7. The Morgan fingerprint density at radius 1 is 1.52 bits per heavy atom. The maximum absolute atomic E-state index is 6.31. The molecule has 0 amide bonds. The van der Waals surface area contributed by atoms with Crippen LogP contribution in [-0.2, 0) is 9.47 Å². The molecule has 2 saturated heterocycles. The van der Waals surface area contributed by atoms with Crippen LogP contribution < -0.4 is 0 Å². The van der Waals surface area contributed by atoms with Crippen LogP contribution in [0.3, 0.4) is 0 Å². The average molecular weight is 336 g/mol. The fourth-order valence-electron chi connectivity index (χ4n) is 3.54. The lowest BCUT2D eigenvalue weighted by molar-refractivity contribution is -0.125. The highest BCUT2D eigenvalue weighted by Crippen LogP contribution is 2.33. The van der Waals surface area contributed by atoms with Crippen LogP contribution >= 0.6 is 11.3 Å². The van der Waals surface area contributed by atoms with Crippen LogP contribution in [0.15, 0.2) is 17.0 Å². The maximum Gasteiger partial charge on any atom is 0.188 e. The third-order valence-electron chi connectivity index (χ3n) is 5.10. The Bertz CT molecular complexity index is 567. The molecule has 0 spiro atoms. The summed E-state index contributed by atoms with van der Waals surface area (Å²) in [7, 11) is 0. The molecule has 0 aromatic carbocycles. The molecule has 3 atom stereocenters. The molecule has 3 unspecified atom stereocenters. The van der Waals surface area contributed by atoms with Crippen LogP contribution in [0.25, 0.3) is 6.08 Å². The van der Waals surface area contributed by atoms with E-state index in [9.17, 15) is 0 Å². The molecule has 2 fully saturated rings. The van der Waals surface area contributed by atoms with Gasteiger partial charge in [-0.25, -0.2) is 0 Å². The maximum atomic E-state index is 6.31. The van der Waals surface area contributed by atoms with Crippen molar-refractivity contribution in [1.82, 2.24) is 4.90 Å². The van der Waals surface area contributed by atoms with Gasteiger partial charge in [0.1, 0.15) is 0 Å². The predicted molar refractivity (Wildman–Crippen MR) is 96.8 cm³/mol. The SMILES string of the molecule is CC(=Cc1sccc1C)C1(C)OCC(CN2CCCC(C)C2)O1. The fraction of sp³-hybridized carbons (Fsp3) is 0.684. The first-order valence-electron chi connectivity index (χ1n) is 8.73. The van der Waals surface area contributed by atoms with Gasteiger partial charge in [-0.05, 0) is 74.7 Å². The highest BCUT2D eigenvalue weighted by molar-refractivity contribution is 7.11. The number of rotatable bonds is 4. The van der Waals surface area contributed by atoms with Crippen LogP contribution in [0, 0.1) is 12.8 Å². The smallest absolute Gasteiger partial charge is 0.188 e. The van der Waals surface area contributed by atoms with E-state index in [1.165, 1.54) is 36.4 Å². The van der Waals surface area contributed by atoms with Crippen molar-refractivity contribution in [3.8, 4) is 0 Å². The van der Waals surface area contributed by atoms with Crippen molar-refractivity contribution >= 4 is 17.4 Å². The normalized spacial score (nSPS) is 33.3. The Hall–Kier alpha value is -0.680. The van der Waals surface area contributed by atoms with Gasteiger partial charge in [-0.3, -0.25) is 0 Å². The lowest BCUT2D eigenvalue weighted by Crippen LogP contribution is -2.41. The summed E-state index contributed by atoms with van der Waals surface area (Å²) in [5, 5.41) is 2.13. The Kier molecular flexibility index (Phi) is 5.26. The molecular formula is C19H29NO2S. The minimum absolute atomic E-state index is 0.179. The summed E-state index contributed by atoms with van der Waals surface area (Å²) in [6, 6.07) is 2.16. The standard InChI is InChI=1S/C19H29NO2S/c1-14-6-5-8-20(11-14)12-17-13-21-19(4,22-17)16(3)10-18-15(2)7-9-23-18/h7,9-10,14,17H,5-6,8,11-13H2,1-4H3. The zero-order valence-electron chi connectivity index (χ0n) is 14.8. The van der Waals surface area contributed by atoms with Crippen LogP contribution in [0.2, 0.25) is 0 Å². The lowest BCUT2D eigenvalue weighted by Gasteiger charge is -2.32. The third kappa shape index (κ3) is 4.05. The zero-order chi connectivity index (χ0) is 16.4. The molecule has 3 heterocycles. The van der Waals surface area contributed by atoms with Gasteiger partial charge < -0.3 is 14.4 Å². The van der Waals surface area contributed by atoms with Gasteiger partial charge in [-0.15, -0.1) is 11.3 Å². The van der Waals surface area contributed by atoms with Gasteiger partial charge in [-0.1, -0.05) is 6.92 Å².